The number of hydrogen-bond donors (Lipinski definition) is 2. The lowest BCUT2D eigenvalue weighted by Gasteiger charge is -2.29. The Bertz CT molecular complexity index is 413. The Labute approximate surface area is 119 Å². The van der Waals surface area contributed by atoms with Gasteiger partial charge in [0.1, 0.15) is 0 Å². The maximum Gasteiger partial charge on any atom is 0.236 e. The van der Waals surface area contributed by atoms with Crippen molar-refractivity contribution in [1.82, 2.24) is 5.32 Å². The second-order valence-electron chi connectivity index (χ2n) is 5.31. The first-order valence-electron chi connectivity index (χ1n) is 6.89. The maximum absolute atomic E-state index is 11.6. The van der Waals surface area contributed by atoms with Gasteiger partial charge in [0.2, 0.25) is 5.91 Å². The minimum atomic E-state index is -0.430. The monoisotopic (exact) mass is 278 g/mol. The van der Waals surface area contributed by atoms with E-state index in [2.05, 4.69) is 29.6 Å². The molecule has 0 radical (unpaired) electrons. The third-order valence-electron chi connectivity index (χ3n) is 3.59. The molecule has 104 valence electrons. The van der Waals surface area contributed by atoms with Crippen molar-refractivity contribution < 1.29 is 4.79 Å². The van der Waals surface area contributed by atoms with Crippen LogP contribution in [0.4, 0.5) is 0 Å². The number of carbonyl (C=O) groups excluding carboxylic acids is 1. The van der Waals surface area contributed by atoms with Crippen molar-refractivity contribution in [3.63, 3.8) is 0 Å². The van der Waals surface area contributed by atoms with Gasteiger partial charge in [0.25, 0.3) is 0 Å². The summed E-state index contributed by atoms with van der Waals surface area (Å²) in [7, 11) is 0. The van der Waals surface area contributed by atoms with Crippen LogP contribution in [0.3, 0.4) is 0 Å². The number of carbonyl (C=O) groups is 1. The highest BCUT2D eigenvalue weighted by molar-refractivity contribution is 8.00. The molecule has 1 saturated carbocycles. The number of nitrogens with two attached hydrogens (primary N) is 1. The Hall–Kier alpha value is -1.00. The average Bonchev–Trinajstić information content (AvgIpc) is 2.86. The molecular weight excluding hydrogens is 256 g/mol. The van der Waals surface area contributed by atoms with Gasteiger partial charge < -0.3 is 11.1 Å². The van der Waals surface area contributed by atoms with E-state index >= 15 is 0 Å². The predicted octanol–water partition coefficient (Wildman–Crippen LogP) is 2.55. The number of thioether (sulfide) groups is 1. The van der Waals surface area contributed by atoms with Gasteiger partial charge in [0, 0.05) is 16.2 Å². The van der Waals surface area contributed by atoms with E-state index in [1.54, 1.807) is 6.92 Å². The molecule has 2 rings (SSSR count). The molecule has 3 nitrogen and oxygen atoms in total. The van der Waals surface area contributed by atoms with Crippen molar-refractivity contribution in [2.24, 2.45) is 5.73 Å². The summed E-state index contributed by atoms with van der Waals surface area (Å²) in [6.45, 7) is 2.44. The fraction of sp³-hybridized carbons (Fsp3) is 0.533. The third-order valence-corrected chi connectivity index (χ3v) is 5.08. The smallest absolute Gasteiger partial charge is 0.236 e. The molecule has 0 unspecified atom stereocenters. The largest absolute Gasteiger partial charge is 0.353 e. The second kappa shape index (κ2) is 6.44. The molecular formula is C15H22N2OS. The van der Waals surface area contributed by atoms with Crippen LogP contribution in [0.1, 0.15) is 32.6 Å². The van der Waals surface area contributed by atoms with Gasteiger partial charge in [-0.05, 0) is 31.9 Å². The van der Waals surface area contributed by atoms with E-state index in [0.29, 0.717) is 6.54 Å². The van der Waals surface area contributed by atoms with Crippen LogP contribution in [0, 0.1) is 0 Å². The second-order valence-corrected chi connectivity index (χ2v) is 6.85. The molecule has 0 saturated heterocycles. The zero-order chi connectivity index (χ0) is 13.7. The summed E-state index contributed by atoms with van der Waals surface area (Å²) >= 11 is 1.90. The first kappa shape index (κ1) is 14.4. The van der Waals surface area contributed by atoms with Gasteiger partial charge in [-0.1, -0.05) is 31.0 Å². The average molecular weight is 278 g/mol. The lowest BCUT2D eigenvalue weighted by Crippen LogP contribution is -2.44. The third kappa shape index (κ3) is 3.98. The van der Waals surface area contributed by atoms with Gasteiger partial charge in [0.05, 0.1) is 6.04 Å². The molecule has 0 spiro atoms. The van der Waals surface area contributed by atoms with Crippen LogP contribution in [-0.2, 0) is 4.79 Å². The molecule has 1 fully saturated rings. The normalized spacial score (nSPS) is 19.1. The van der Waals surface area contributed by atoms with Crippen LogP contribution in [-0.4, -0.2) is 23.2 Å². The topological polar surface area (TPSA) is 55.1 Å². The van der Waals surface area contributed by atoms with E-state index < -0.39 is 6.04 Å². The van der Waals surface area contributed by atoms with Crippen LogP contribution < -0.4 is 11.1 Å². The van der Waals surface area contributed by atoms with E-state index in [4.69, 9.17) is 5.73 Å². The minimum Gasteiger partial charge on any atom is -0.353 e. The van der Waals surface area contributed by atoms with E-state index in [-0.39, 0.29) is 10.7 Å². The summed E-state index contributed by atoms with van der Waals surface area (Å²) < 4.78 is 0.145. The lowest BCUT2D eigenvalue weighted by molar-refractivity contribution is -0.122. The van der Waals surface area contributed by atoms with Crippen molar-refractivity contribution in [3.05, 3.63) is 30.3 Å². The van der Waals surface area contributed by atoms with Crippen LogP contribution in [0.15, 0.2) is 35.2 Å². The standard InChI is InChI=1S/C15H22N2OS/c1-12(16)14(18)17-11-15(9-5-6-10-15)19-13-7-3-2-4-8-13/h2-4,7-8,12H,5-6,9-11,16H2,1H3,(H,17,18)/t12-/m1/s1. The number of benzene rings is 1. The quantitative estimate of drug-likeness (QED) is 0.870. The Morgan fingerprint density at radius 2 is 2.00 bits per heavy atom. The lowest BCUT2D eigenvalue weighted by atomic mass is 10.1. The summed E-state index contributed by atoms with van der Waals surface area (Å²) in [4.78, 5) is 12.9. The highest BCUT2D eigenvalue weighted by Gasteiger charge is 2.35. The summed E-state index contributed by atoms with van der Waals surface area (Å²) in [5, 5.41) is 3.00. The van der Waals surface area contributed by atoms with Crippen molar-refractivity contribution in [3.8, 4) is 0 Å². The molecule has 0 bridgehead atoms. The molecule has 1 aliphatic carbocycles. The molecule has 19 heavy (non-hydrogen) atoms. The number of rotatable bonds is 5. The maximum atomic E-state index is 11.6. The first-order valence-corrected chi connectivity index (χ1v) is 7.70. The van der Waals surface area contributed by atoms with Crippen LogP contribution >= 0.6 is 11.8 Å². The molecule has 1 aromatic carbocycles. The zero-order valence-corrected chi connectivity index (χ0v) is 12.2. The SMILES string of the molecule is C[C@@H](N)C(=O)NCC1(Sc2ccccc2)CCCC1. The molecule has 4 heteroatoms. The van der Waals surface area contributed by atoms with Gasteiger partial charge in [-0.2, -0.15) is 0 Å². The van der Waals surface area contributed by atoms with Crippen LogP contribution in [0.25, 0.3) is 0 Å². The van der Waals surface area contributed by atoms with E-state index in [1.807, 2.05) is 17.8 Å². The fourth-order valence-electron chi connectivity index (χ4n) is 2.48. The van der Waals surface area contributed by atoms with Crippen molar-refractivity contribution in [1.29, 1.82) is 0 Å². The Morgan fingerprint density at radius 3 is 2.58 bits per heavy atom. The molecule has 1 aromatic rings. The Balaban J connectivity index is 2.00. The molecule has 0 aromatic heterocycles. The Morgan fingerprint density at radius 1 is 1.37 bits per heavy atom. The van der Waals surface area contributed by atoms with E-state index in [9.17, 15) is 4.79 Å². The molecule has 0 aliphatic heterocycles. The highest BCUT2D eigenvalue weighted by atomic mass is 32.2. The summed E-state index contributed by atoms with van der Waals surface area (Å²) in [5.41, 5.74) is 5.60. The first-order chi connectivity index (χ1) is 9.11. The highest BCUT2D eigenvalue weighted by Crippen LogP contribution is 2.44. The fourth-order valence-corrected chi connectivity index (χ4v) is 3.91. The van der Waals surface area contributed by atoms with Crippen molar-refractivity contribution in [2.75, 3.05) is 6.54 Å². The van der Waals surface area contributed by atoms with Crippen molar-refractivity contribution in [2.45, 2.75) is 48.3 Å². The van der Waals surface area contributed by atoms with Gasteiger partial charge in [-0.15, -0.1) is 11.8 Å². The molecule has 3 N–H and O–H groups in total. The van der Waals surface area contributed by atoms with Crippen LogP contribution in [0.2, 0.25) is 0 Å². The van der Waals surface area contributed by atoms with Gasteiger partial charge in [-0.3, -0.25) is 4.79 Å². The number of amides is 1. The predicted molar refractivity (Wildman–Crippen MR) is 80.2 cm³/mol. The number of nitrogens with one attached hydrogen (secondary N) is 1. The van der Waals surface area contributed by atoms with E-state index in [0.717, 1.165) is 12.8 Å². The van der Waals surface area contributed by atoms with Crippen molar-refractivity contribution >= 4 is 17.7 Å². The van der Waals surface area contributed by atoms with Gasteiger partial charge in [0.15, 0.2) is 0 Å². The van der Waals surface area contributed by atoms with Gasteiger partial charge >= 0.3 is 0 Å². The zero-order valence-electron chi connectivity index (χ0n) is 11.4. The Kier molecular flexibility index (Phi) is 4.88. The van der Waals surface area contributed by atoms with Gasteiger partial charge in [-0.25, -0.2) is 0 Å². The minimum absolute atomic E-state index is 0.0556. The van der Waals surface area contributed by atoms with Crippen LogP contribution in [0.5, 0.6) is 0 Å². The van der Waals surface area contributed by atoms with E-state index in [1.165, 1.54) is 17.7 Å². The molecule has 0 heterocycles. The number of hydrogen-bond acceptors (Lipinski definition) is 3. The molecule has 1 atom stereocenters. The summed E-state index contributed by atoms with van der Waals surface area (Å²) in [6, 6.07) is 10.00. The molecule has 1 amide bonds. The molecule has 1 aliphatic rings. The summed E-state index contributed by atoms with van der Waals surface area (Å²) in [5.74, 6) is -0.0556. The summed E-state index contributed by atoms with van der Waals surface area (Å²) in [6.07, 6.45) is 4.80.